The molecule has 2 heterocycles. The molecule has 2 fully saturated rings. The van der Waals surface area contributed by atoms with Crippen LogP contribution in [0.15, 0.2) is 4.52 Å². The van der Waals surface area contributed by atoms with Gasteiger partial charge in [-0.1, -0.05) is 5.16 Å². The van der Waals surface area contributed by atoms with E-state index >= 15 is 0 Å². The van der Waals surface area contributed by atoms with Crippen LogP contribution >= 0.6 is 0 Å². The van der Waals surface area contributed by atoms with E-state index in [2.05, 4.69) is 15.5 Å². The van der Waals surface area contributed by atoms with Crippen molar-refractivity contribution < 1.29 is 22.5 Å². The summed E-state index contributed by atoms with van der Waals surface area (Å²) in [6, 6.07) is -0.408. The number of nitrogens with one attached hydrogen (secondary N) is 1. The van der Waals surface area contributed by atoms with Crippen molar-refractivity contribution in [3.63, 3.8) is 0 Å². The Bertz CT molecular complexity index is 527. The van der Waals surface area contributed by atoms with Gasteiger partial charge in [0.05, 0.1) is 12.6 Å². The zero-order chi connectivity index (χ0) is 15.0. The van der Waals surface area contributed by atoms with Crippen molar-refractivity contribution in [2.24, 2.45) is 0 Å². The number of aromatic nitrogens is 2. The summed E-state index contributed by atoms with van der Waals surface area (Å²) in [7, 11) is 0. The SMILES string of the molecule is O=C(NC1CC1)c1noc([C@@H]2CCCN2CC(F)(F)F)n1. The second kappa shape index (κ2) is 5.28. The van der Waals surface area contributed by atoms with E-state index in [4.69, 9.17) is 4.52 Å². The molecular weight excluding hydrogens is 289 g/mol. The predicted octanol–water partition coefficient (Wildman–Crippen LogP) is 1.66. The Balaban J connectivity index is 1.68. The summed E-state index contributed by atoms with van der Waals surface area (Å²) < 4.78 is 42.5. The summed E-state index contributed by atoms with van der Waals surface area (Å²) in [4.78, 5) is 17.0. The van der Waals surface area contributed by atoms with Gasteiger partial charge in [0, 0.05) is 6.04 Å². The molecule has 3 rings (SSSR count). The molecule has 1 saturated carbocycles. The highest BCUT2D eigenvalue weighted by Gasteiger charge is 2.39. The Morgan fingerprint density at radius 3 is 2.81 bits per heavy atom. The molecule has 1 amide bonds. The second-order valence-corrected chi connectivity index (χ2v) is 5.45. The van der Waals surface area contributed by atoms with Gasteiger partial charge < -0.3 is 9.84 Å². The highest BCUT2D eigenvalue weighted by atomic mass is 19.4. The number of hydrogen-bond donors (Lipinski definition) is 1. The lowest BCUT2D eigenvalue weighted by Crippen LogP contribution is -2.34. The summed E-state index contributed by atoms with van der Waals surface area (Å²) in [5, 5.41) is 6.27. The summed E-state index contributed by atoms with van der Waals surface area (Å²) in [6.07, 6.45) is -1.26. The zero-order valence-electron chi connectivity index (χ0n) is 11.2. The van der Waals surface area contributed by atoms with E-state index in [0.717, 1.165) is 12.8 Å². The highest BCUT2D eigenvalue weighted by Crippen LogP contribution is 2.33. The third-order valence-corrected chi connectivity index (χ3v) is 3.59. The van der Waals surface area contributed by atoms with Crippen LogP contribution in [0.4, 0.5) is 13.2 Å². The minimum Gasteiger partial charge on any atom is -0.346 e. The van der Waals surface area contributed by atoms with E-state index in [1.165, 1.54) is 4.90 Å². The molecule has 0 unspecified atom stereocenters. The summed E-state index contributed by atoms with van der Waals surface area (Å²) >= 11 is 0. The lowest BCUT2D eigenvalue weighted by Gasteiger charge is -2.22. The number of amides is 1. The first-order valence-corrected chi connectivity index (χ1v) is 6.87. The van der Waals surface area contributed by atoms with Gasteiger partial charge in [-0.05, 0) is 32.2 Å². The molecule has 0 radical (unpaired) electrons. The Labute approximate surface area is 118 Å². The first-order valence-electron chi connectivity index (χ1n) is 6.87. The molecule has 21 heavy (non-hydrogen) atoms. The van der Waals surface area contributed by atoms with Crippen LogP contribution in [-0.4, -0.2) is 46.3 Å². The number of hydrogen-bond acceptors (Lipinski definition) is 5. The van der Waals surface area contributed by atoms with Crippen molar-refractivity contribution in [2.45, 2.75) is 43.9 Å². The van der Waals surface area contributed by atoms with Crippen LogP contribution in [0.2, 0.25) is 0 Å². The second-order valence-electron chi connectivity index (χ2n) is 5.45. The summed E-state index contributed by atoms with van der Waals surface area (Å²) in [6.45, 7) is -0.681. The van der Waals surface area contributed by atoms with E-state index in [1.807, 2.05) is 0 Å². The fourth-order valence-corrected chi connectivity index (χ4v) is 2.47. The van der Waals surface area contributed by atoms with Gasteiger partial charge in [0.1, 0.15) is 0 Å². The van der Waals surface area contributed by atoms with Gasteiger partial charge in [0.25, 0.3) is 11.7 Å². The normalized spacial score (nSPS) is 23.5. The van der Waals surface area contributed by atoms with Crippen LogP contribution in [-0.2, 0) is 0 Å². The first kappa shape index (κ1) is 14.3. The van der Waals surface area contributed by atoms with Crippen molar-refractivity contribution >= 4 is 5.91 Å². The molecule has 1 saturated heterocycles. The van der Waals surface area contributed by atoms with E-state index in [-0.39, 0.29) is 17.8 Å². The van der Waals surface area contributed by atoms with E-state index in [1.54, 1.807) is 0 Å². The molecule has 9 heteroatoms. The standard InChI is InChI=1S/C12H15F3N4O2/c13-12(14,15)6-19-5-1-2-8(19)11-17-9(18-21-11)10(20)16-7-3-4-7/h7-8H,1-6H2,(H,16,20)/t8-/m0/s1. The summed E-state index contributed by atoms with van der Waals surface area (Å²) in [5.74, 6) is -0.471. The Morgan fingerprint density at radius 2 is 2.14 bits per heavy atom. The number of rotatable bonds is 4. The maximum Gasteiger partial charge on any atom is 0.401 e. The maximum absolute atomic E-state index is 12.5. The van der Waals surface area contributed by atoms with Crippen LogP contribution in [0.3, 0.4) is 0 Å². The quantitative estimate of drug-likeness (QED) is 0.916. The maximum atomic E-state index is 12.5. The van der Waals surface area contributed by atoms with Crippen molar-refractivity contribution in [3.05, 3.63) is 11.7 Å². The minimum atomic E-state index is -4.27. The third-order valence-electron chi connectivity index (χ3n) is 3.59. The Kier molecular flexibility index (Phi) is 3.60. The number of likely N-dealkylation sites (tertiary alicyclic amines) is 1. The molecule has 0 aromatic carbocycles. The topological polar surface area (TPSA) is 71.3 Å². The molecule has 0 spiro atoms. The molecule has 1 atom stereocenters. The smallest absolute Gasteiger partial charge is 0.346 e. The monoisotopic (exact) mass is 304 g/mol. The number of alkyl halides is 3. The number of carbonyl (C=O) groups excluding carboxylic acids is 1. The van der Waals surface area contributed by atoms with Crippen LogP contribution in [0.25, 0.3) is 0 Å². The van der Waals surface area contributed by atoms with Gasteiger partial charge in [0.2, 0.25) is 5.89 Å². The molecule has 2 aliphatic rings. The van der Waals surface area contributed by atoms with Crippen molar-refractivity contribution in [1.29, 1.82) is 0 Å². The minimum absolute atomic E-state index is 0.0812. The van der Waals surface area contributed by atoms with Gasteiger partial charge in [0.15, 0.2) is 0 Å². The van der Waals surface area contributed by atoms with Crippen molar-refractivity contribution in [3.8, 4) is 0 Å². The largest absolute Gasteiger partial charge is 0.401 e. The average molecular weight is 304 g/mol. The van der Waals surface area contributed by atoms with Crippen LogP contribution in [0.1, 0.15) is 48.2 Å². The van der Waals surface area contributed by atoms with E-state index < -0.39 is 24.7 Å². The van der Waals surface area contributed by atoms with Gasteiger partial charge in [-0.3, -0.25) is 9.69 Å². The third kappa shape index (κ3) is 3.52. The lowest BCUT2D eigenvalue weighted by atomic mass is 10.2. The predicted molar refractivity (Wildman–Crippen MR) is 64.4 cm³/mol. The summed E-state index contributed by atoms with van der Waals surface area (Å²) in [5.41, 5.74) is 0. The van der Waals surface area contributed by atoms with Gasteiger partial charge in [-0.2, -0.15) is 18.2 Å². The fourth-order valence-electron chi connectivity index (χ4n) is 2.47. The van der Waals surface area contributed by atoms with Gasteiger partial charge >= 0.3 is 6.18 Å². The molecule has 1 aromatic heterocycles. The zero-order valence-corrected chi connectivity index (χ0v) is 11.2. The molecule has 1 N–H and O–H groups in total. The van der Waals surface area contributed by atoms with Crippen LogP contribution < -0.4 is 5.32 Å². The number of carbonyl (C=O) groups is 1. The molecule has 1 aliphatic heterocycles. The van der Waals surface area contributed by atoms with Gasteiger partial charge in [-0.15, -0.1) is 0 Å². The van der Waals surface area contributed by atoms with Crippen LogP contribution in [0, 0.1) is 0 Å². The van der Waals surface area contributed by atoms with Crippen molar-refractivity contribution in [1.82, 2.24) is 20.4 Å². The van der Waals surface area contributed by atoms with Crippen LogP contribution in [0.5, 0.6) is 0 Å². The van der Waals surface area contributed by atoms with Gasteiger partial charge in [-0.25, -0.2) is 0 Å². The first-order chi connectivity index (χ1) is 9.92. The fraction of sp³-hybridized carbons (Fsp3) is 0.750. The average Bonchev–Trinajstić information content (AvgIpc) is 2.89. The number of halogens is 3. The molecule has 6 nitrogen and oxygen atoms in total. The van der Waals surface area contributed by atoms with E-state index in [0.29, 0.717) is 19.4 Å². The molecule has 116 valence electrons. The molecule has 1 aromatic rings. The van der Waals surface area contributed by atoms with Crippen molar-refractivity contribution in [2.75, 3.05) is 13.1 Å². The lowest BCUT2D eigenvalue weighted by molar-refractivity contribution is -0.148. The Hall–Kier alpha value is -1.64. The highest BCUT2D eigenvalue weighted by molar-refractivity contribution is 5.90. The number of nitrogens with zero attached hydrogens (tertiary/aromatic N) is 3. The van der Waals surface area contributed by atoms with E-state index in [9.17, 15) is 18.0 Å². The molecule has 0 bridgehead atoms. The molecular formula is C12H15F3N4O2. The Morgan fingerprint density at radius 1 is 1.38 bits per heavy atom. The molecule has 1 aliphatic carbocycles.